The molecule has 0 bridgehead atoms. The van der Waals surface area contributed by atoms with Crippen molar-refractivity contribution in [1.82, 2.24) is 19.9 Å². The number of anilines is 1. The van der Waals surface area contributed by atoms with Crippen LogP contribution < -0.4 is 5.32 Å². The van der Waals surface area contributed by atoms with E-state index in [1.54, 1.807) is 11.1 Å². The maximum absolute atomic E-state index is 13.5. The molecular weight excluding hydrogens is 381 g/mol. The summed E-state index contributed by atoms with van der Waals surface area (Å²) >= 11 is 1.47. The zero-order chi connectivity index (χ0) is 19.8. The Kier molecular flexibility index (Phi) is 4.94. The molecule has 4 heterocycles. The fourth-order valence-electron chi connectivity index (χ4n) is 3.28. The number of thiophene rings is 1. The summed E-state index contributed by atoms with van der Waals surface area (Å²) in [6.07, 6.45) is 2.79. The average Bonchev–Trinajstić information content (AvgIpc) is 3.25. The third kappa shape index (κ3) is 3.67. The number of aliphatic hydroxyl groups excluding tert-OH is 1. The molecule has 0 saturated carbocycles. The van der Waals surface area contributed by atoms with Crippen molar-refractivity contribution in [3.05, 3.63) is 46.5 Å². The van der Waals surface area contributed by atoms with Gasteiger partial charge in [0.2, 0.25) is 5.95 Å². The molecule has 1 aliphatic rings. The van der Waals surface area contributed by atoms with Gasteiger partial charge in [0.1, 0.15) is 5.82 Å². The molecule has 0 aromatic carbocycles. The van der Waals surface area contributed by atoms with Gasteiger partial charge >= 0.3 is 0 Å². The third-order valence-electron chi connectivity index (χ3n) is 4.72. The fraction of sp³-hybridized carbons (Fsp3) is 0.368. The monoisotopic (exact) mass is 401 g/mol. The molecule has 1 amide bonds. The minimum Gasteiger partial charge on any atom is -0.391 e. The summed E-state index contributed by atoms with van der Waals surface area (Å²) in [7, 11) is 0. The molecule has 2 N–H and O–H groups in total. The largest absolute Gasteiger partial charge is 0.391 e. The first-order valence-electron chi connectivity index (χ1n) is 9.03. The number of amides is 1. The number of likely N-dealkylation sites (tertiary alicyclic amines) is 1. The first kappa shape index (κ1) is 18.7. The van der Waals surface area contributed by atoms with Gasteiger partial charge in [0.25, 0.3) is 5.91 Å². The van der Waals surface area contributed by atoms with E-state index < -0.39 is 11.9 Å². The molecule has 2 atom stereocenters. The number of fused-ring (bicyclic) bond motifs is 1. The van der Waals surface area contributed by atoms with Gasteiger partial charge in [-0.15, -0.1) is 11.3 Å². The molecule has 7 nitrogen and oxygen atoms in total. The van der Waals surface area contributed by atoms with E-state index in [2.05, 4.69) is 20.3 Å². The smallest absolute Gasteiger partial charge is 0.274 e. The molecule has 146 valence electrons. The van der Waals surface area contributed by atoms with E-state index in [-0.39, 0.29) is 11.9 Å². The van der Waals surface area contributed by atoms with E-state index in [0.717, 1.165) is 15.8 Å². The Bertz CT molecular complexity index is 1040. The van der Waals surface area contributed by atoms with E-state index in [4.69, 9.17) is 0 Å². The number of hydrogen-bond acceptors (Lipinski definition) is 7. The van der Waals surface area contributed by atoms with Gasteiger partial charge in [-0.3, -0.25) is 9.78 Å². The topological polar surface area (TPSA) is 91.2 Å². The van der Waals surface area contributed by atoms with Crippen molar-refractivity contribution in [3.8, 4) is 0 Å². The van der Waals surface area contributed by atoms with E-state index in [1.165, 1.54) is 17.4 Å². The van der Waals surface area contributed by atoms with Crippen molar-refractivity contribution in [1.29, 1.82) is 0 Å². The number of aromatic nitrogens is 3. The summed E-state index contributed by atoms with van der Waals surface area (Å²) in [6, 6.07) is 3.02. The van der Waals surface area contributed by atoms with Crippen molar-refractivity contribution in [3.63, 3.8) is 0 Å². The van der Waals surface area contributed by atoms with Crippen LogP contribution in [0.5, 0.6) is 0 Å². The Hall–Kier alpha value is -2.65. The van der Waals surface area contributed by atoms with Crippen molar-refractivity contribution in [2.24, 2.45) is 0 Å². The summed E-state index contributed by atoms with van der Waals surface area (Å²) in [4.78, 5) is 28.5. The van der Waals surface area contributed by atoms with Crippen LogP contribution in [0.3, 0.4) is 0 Å². The molecule has 1 fully saturated rings. The Morgan fingerprint density at radius 1 is 1.39 bits per heavy atom. The molecule has 3 aromatic rings. The lowest BCUT2D eigenvalue weighted by atomic mass is 10.1. The summed E-state index contributed by atoms with van der Waals surface area (Å²) in [5.41, 5.74) is 1.66. The third-order valence-corrected chi connectivity index (χ3v) is 5.77. The summed E-state index contributed by atoms with van der Waals surface area (Å²) in [6.45, 7) is 4.61. The van der Waals surface area contributed by atoms with Crippen molar-refractivity contribution >= 4 is 33.4 Å². The lowest BCUT2D eigenvalue weighted by Crippen LogP contribution is -2.30. The van der Waals surface area contributed by atoms with Crippen LogP contribution in [0.2, 0.25) is 0 Å². The molecular formula is C19H20FN5O2S. The van der Waals surface area contributed by atoms with E-state index in [0.29, 0.717) is 42.2 Å². The van der Waals surface area contributed by atoms with E-state index >= 15 is 0 Å². The second-order valence-electron chi connectivity index (χ2n) is 6.96. The average molecular weight is 401 g/mol. The molecule has 28 heavy (non-hydrogen) atoms. The standard InChI is InChI=1S/C19H20FN5O2S/c1-10-5-15-17(28-10)16(18(27)25-4-3-14(26)9-25)24-19(23-15)22-11(2)12-6-13(20)8-21-7-12/h5-8,11,14,26H,3-4,9H2,1-2H3,(H,22,23,24)/t11?,14-/m0/s1. The van der Waals surface area contributed by atoms with Gasteiger partial charge in [0.15, 0.2) is 5.69 Å². The first-order chi connectivity index (χ1) is 13.4. The first-order valence-corrected chi connectivity index (χ1v) is 9.85. The predicted molar refractivity (Wildman–Crippen MR) is 105 cm³/mol. The number of nitrogens with one attached hydrogen (secondary N) is 1. The molecule has 1 unspecified atom stereocenters. The SMILES string of the molecule is Cc1cc2nc(NC(C)c3cncc(F)c3)nc(C(=O)N3CC[C@H](O)C3)c2s1. The zero-order valence-electron chi connectivity index (χ0n) is 15.5. The van der Waals surface area contributed by atoms with Gasteiger partial charge in [0, 0.05) is 24.2 Å². The number of aryl methyl sites for hydroxylation is 1. The highest BCUT2D eigenvalue weighted by Crippen LogP contribution is 2.29. The van der Waals surface area contributed by atoms with Crippen LogP contribution in [0.1, 0.15) is 40.3 Å². The maximum Gasteiger partial charge on any atom is 0.274 e. The van der Waals surface area contributed by atoms with Crippen LogP contribution in [0, 0.1) is 12.7 Å². The van der Waals surface area contributed by atoms with Gasteiger partial charge in [0.05, 0.1) is 28.6 Å². The van der Waals surface area contributed by atoms with E-state index in [9.17, 15) is 14.3 Å². The van der Waals surface area contributed by atoms with Crippen molar-refractivity contribution in [2.75, 3.05) is 18.4 Å². The van der Waals surface area contributed by atoms with Gasteiger partial charge in [-0.25, -0.2) is 14.4 Å². The summed E-state index contributed by atoms with van der Waals surface area (Å²) in [5.74, 6) is -0.335. The van der Waals surface area contributed by atoms with Crippen LogP contribution in [0.4, 0.5) is 10.3 Å². The van der Waals surface area contributed by atoms with Crippen molar-refractivity contribution in [2.45, 2.75) is 32.4 Å². The number of aliphatic hydroxyl groups is 1. The number of nitrogens with zero attached hydrogens (tertiary/aromatic N) is 4. The molecule has 0 spiro atoms. The van der Waals surface area contributed by atoms with E-state index in [1.807, 2.05) is 19.9 Å². The zero-order valence-corrected chi connectivity index (χ0v) is 16.3. The molecule has 0 aliphatic carbocycles. The van der Waals surface area contributed by atoms with Gasteiger partial charge in [-0.1, -0.05) is 0 Å². The van der Waals surface area contributed by atoms with Crippen molar-refractivity contribution < 1.29 is 14.3 Å². The Balaban J connectivity index is 1.68. The van der Waals surface area contributed by atoms with Crippen LogP contribution >= 0.6 is 11.3 Å². The van der Waals surface area contributed by atoms with Crippen LogP contribution in [-0.4, -0.2) is 50.1 Å². The Labute approximate surface area is 165 Å². The number of β-amino-alcohol motifs (C(OH)–C–C–N with tert-alkyl or cyclic N) is 1. The summed E-state index contributed by atoms with van der Waals surface area (Å²) in [5, 5.41) is 12.9. The van der Waals surface area contributed by atoms with Gasteiger partial charge < -0.3 is 15.3 Å². The van der Waals surface area contributed by atoms with Crippen LogP contribution in [0.25, 0.3) is 10.2 Å². The van der Waals surface area contributed by atoms with Gasteiger partial charge in [-0.2, -0.15) is 0 Å². The quantitative estimate of drug-likeness (QED) is 0.699. The number of pyridine rings is 1. The lowest BCUT2D eigenvalue weighted by molar-refractivity contribution is 0.0761. The lowest BCUT2D eigenvalue weighted by Gasteiger charge is -2.17. The summed E-state index contributed by atoms with van der Waals surface area (Å²) < 4.78 is 14.2. The second kappa shape index (κ2) is 7.40. The Morgan fingerprint density at radius 3 is 2.93 bits per heavy atom. The Morgan fingerprint density at radius 2 is 2.21 bits per heavy atom. The minimum atomic E-state index is -0.496. The number of hydrogen-bond donors (Lipinski definition) is 2. The highest BCUT2D eigenvalue weighted by molar-refractivity contribution is 7.19. The van der Waals surface area contributed by atoms with Crippen LogP contribution in [0.15, 0.2) is 24.5 Å². The second-order valence-corrected chi connectivity index (χ2v) is 8.22. The maximum atomic E-state index is 13.5. The molecule has 4 rings (SSSR count). The predicted octanol–water partition coefficient (Wildman–Crippen LogP) is 2.91. The fourth-order valence-corrected chi connectivity index (χ4v) is 4.21. The number of carbonyl (C=O) groups excluding carboxylic acids is 1. The molecule has 0 radical (unpaired) electrons. The number of carbonyl (C=O) groups is 1. The molecule has 9 heteroatoms. The molecule has 1 saturated heterocycles. The minimum absolute atomic E-state index is 0.214. The molecule has 3 aromatic heterocycles. The highest BCUT2D eigenvalue weighted by atomic mass is 32.1. The van der Waals surface area contributed by atoms with Gasteiger partial charge in [-0.05, 0) is 38.0 Å². The normalized spacial score (nSPS) is 17.9. The van der Waals surface area contributed by atoms with Crippen LogP contribution in [-0.2, 0) is 0 Å². The number of halogens is 1. The number of rotatable bonds is 4. The molecule has 1 aliphatic heterocycles. The highest BCUT2D eigenvalue weighted by Gasteiger charge is 2.28.